The summed E-state index contributed by atoms with van der Waals surface area (Å²) < 4.78 is 11.3. The van der Waals surface area contributed by atoms with E-state index in [1.54, 1.807) is 7.11 Å². The lowest BCUT2D eigenvalue weighted by molar-refractivity contribution is 0.0999. The molecule has 4 nitrogen and oxygen atoms in total. The highest BCUT2D eigenvalue weighted by atomic mass is 35.5. The van der Waals surface area contributed by atoms with Crippen LogP contribution in [0.3, 0.4) is 0 Å². The van der Waals surface area contributed by atoms with Crippen LogP contribution < -0.4 is 15.4 Å². The molecule has 0 aliphatic carbocycles. The minimum atomic E-state index is -0.0151. The van der Waals surface area contributed by atoms with Crippen LogP contribution in [0.5, 0.6) is 5.75 Å². The first-order valence-corrected chi connectivity index (χ1v) is 9.94. The van der Waals surface area contributed by atoms with Crippen molar-refractivity contribution in [3.05, 3.63) is 64.7 Å². The first-order chi connectivity index (χ1) is 13.1. The molecule has 29 heavy (non-hydrogen) atoms. The summed E-state index contributed by atoms with van der Waals surface area (Å²) in [5, 5.41) is 7.54. The third-order valence-corrected chi connectivity index (χ3v) is 4.65. The zero-order chi connectivity index (χ0) is 19.5. The molecule has 0 radical (unpaired) electrons. The van der Waals surface area contributed by atoms with E-state index < -0.39 is 0 Å². The highest BCUT2D eigenvalue weighted by Gasteiger charge is 2.12. The summed E-state index contributed by atoms with van der Waals surface area (Å²) in [6.07, 6.45) is 0.933. The average Bonchev–Trinajstić information content (AvgIpc) is 2.67. The summed E-state index contributed by atoms with van der Waals surface area (Å²) in [5.74, 6) is 0.915. The van der Waals surface area contributed by atoms with Gasteiger partial charge < -0.3 is 20.1 Å². The van der Waals surface area contributed by atoms with Crippen LogP contribution in [0.25, 0.3) is 0 Å². The lowest BCUT2D eigenvalue weighted by Gasteiger charge is -2.20. The summed E-state index contributed by atoms with van der Waals surface area (Å²) in [4.78, 5) is 0. The Morgan fingerprint density at radius 1 is 1.07 bits per heavy atom. The van der Waals surface area contributed by atoms with Gasteiger partial charge in [0.05, 0.1) is 6.10 Å². The maximum Gasteiger partial charge on any atom is 0.119 e. The molecular weight excluding hydrogens is 431 g/mol. The summed E-state index contributed by atoms with van der Waals surface area (Å²) in [6, 6.07) is 16.5. The SMILES string of the molecule is CCNCCOc1ccc(CC(C)NCC(OC)c2cccc(Cl)c2)cc1.Cl.Cl. The van der Waals surface area contributed by atoms with Crippen LogP contribution in [0, 0.1) is 0 Å². The van der Waals surface area contributed by atoms with Gasteiger partial charge >= 0.3 is 0 Å². The second-order valence-corrected chi connectivity index (χ2v) is 7.08. The van der Waals surface area contributed by atoms with Crippen molar-refractivity contribution in [1.82, 2.24) is 10.6 Å². The number of nitrogens with one attached hydrogen (secondary N) is 2. The van der Waals surface area contributed by atoms with Crippen LogP contribution >= 0.6 is 36.4 Å². The Morgan fingerprint density at radius 2 is 1.79 bits per heavy atom. The molecule has 2 aromatic carbocycles. The predicted molar refractivity (Wildman–Crippen MR) is 127 cm³/mol. The van der Waals surface area contributed by atoms with E-state index >= 15 is 0 Å². The molecular formula is C22H33Cl3N2O2. The Kier molecular flexibility index (Phi) is 15.2. The van der Waals surface area contributed by atoms with Crippen molar-refractivity contribution in [3.8, 4) is 5.75 Å². The lowest BCUT2D eigenvalue weighted by Crippen LogP contribution is -2.32. The molecule has 0 spiro atoms. The van der Waals surface area contributed by atoms with E-state index in [1.807, 2.05) is 36.4 Å². The maximum absolute atomic E-state index is 6.09. The van der Waals surface area contributed by atoms with E-state index in [9.17, 15) is 0 Å². The molecule has 0 amide bonds. The summed E-state index contributed by atoms with van der Waals surface area (Å²) in [5.41, 5.74) is 2.37. The number of halogens is 3. The van der Waals surface area contributed by atoms with E-state index in [1.165, 1.54) is 5.56 Å². The van der Waals surface area contributed by atoms with Gasteiger partial charge in [-0.15, -0.1) is 24.8 Å². The Bertz CT molecular complexity index is 671. The maximum atomic E-state index is 6.09. The van der Waals surface area contributed by atoms with Crippen molar-refractivity contribution < 1.29 is 9.47 Å². The molecule has 0 heterocycles. The first kappa shape index (κ1) is 28.0. The number of rotatable bonds is 12. The van der Waals surface area contributed by atoms with Gasteiger partial charge in [-0.3, -0.25) is 0 Å². The van der Waals surface area contributed by atoms with Crippen molar-refractivity contribution in [2.75, 3.05) is 33.4 Å². The zero-order valence-electron chi connectivity index (χ0n) is 17.3. The van der Waals surface area contributed by atoms with Crippen LogP contribution in [0.2, 0.25) is 5.02 Å². The topological polar surface area (TPSA) is 42.5 Å². The van der Waals surface area contributed by atoms with Crippen molar-refractivity contribution in [2.45, 2.75) is 32.4 Å². The number of methoxy groups -OCH3 is 1. The summed E-state index contributed by atoms with van der Waals surface area (Å²) >= 11 is 6.09. The molecule has 0 bridgehead atoms. The fraction of sp³-hybridized carbons (Fsp3) is 0.455. The van der Waals surface area contributed by atoms with Crippen LogP contribution in [0.1, 0.15) is 31.1 Å². The van der Waals surface area contributed by atoms with E-state index in [0.29, 0.717) is 12.6 Å². The monoisotopic (exact) mass is 462 g/mol. The highest BCUT2D eigenvalue weighted by molar-refractivity contribution is 6.30. The quantitative estimate of drug-likeness (QED) is 0.431. The van der Waals surface area contributed by atoms with Gasteiger partial charge in [0.15, 0.2) is 0 Å². The average molecular weight is 464 g/mol. The van der Waals surface area contributed by atoms with Gasteiger partial charge in [0.25, 0.3) is 0 Å². The number of benzene rings is 2. The number of hydrogen-bond acceptors (Lipinski definition) is 4. The second kappa shape index (κ2) is 15.8. The minimum absolute atomic E-state index is 0. The fourth-order valence-corrected chi connectivity index (χ4v) is 3.12. The smallest absolute Gasteiger partial charge is 0.119 e. The fourth-order valence-electron chi connectivity index (χ4n) is 2.92. The molecule has 0 fully saturated rings. The normalized spacial score (nSPS) is 12.4. The molecule has 0 aromatic heterocycles. The van der Waals surface area contributed by atoms with Crippen molar-refractivity contribution in [1.29, 1.82) is 0 Å². The molecule has 2 N–H and O–H groups in total. The molecule has 2 aromatic rings. The molecule has 0 aliphatic heterocycles. The largest absolute Gasteiger partial charge is 0.492 e. The molecule has 0 saturated carbocycles. The van der Waals surface area contributed by atoms with Gasteiger partial charge in [-0.1, -0.05) is 42.8 Å². The molecule has 0 aliphatic rings. The van der Waals surface area contributed by atoms with Gasteiger partial charge in [0.1, 0.15) is 12.4 Å². The van der Waals surface area contributed by atoms with E-state index in [4.69, 9.17) is 21.1 Å². The first-order valence-electron chi connectivity index (χ1n) is 9.56. The molecule has 164 valence electrons. The zero-order valence-corrected chi connectivity index (χ0v) is 19.7. The Morgan fingerprint density at radius 3 is 2.41 bits per heavy atom. The summed E-state index contributed by atoms with van der Waals surface area (Å²) in [7, 11) is 1.73. The van der Waals surface area contributed by atoms with Crippen molar-refractivity contribution in [2.24, 2.45) is 0 Å². The standard InChI is InChI=1S/C22H31ClN2O2.2ClH/c1-4-24-12-13-27-21-10-8-18(9-11-21)14-17(2)25-16-22(26-3)19-6-5-7-20(23)15-19;;/h5-11,15,17,22,24-25H,4,12-14,16H2,1-3H3;2*1H. The van der Waals surface area contributed by atoms with Crippen LogP contribution in [0.15, 0.2) is 48.5 Å². The highest BCUT2D eigenvalue weighted by Crippen LogP contribution is 2.20. The van der Waals surface area contributed by atoms with E-state index in [2.05, 4.69) is 36.6 Å². The molecule has 2 rings (SSSR count). The second-order valence-electron chi connectivity index (χ2n) is 6.64. The molecule has 7 heteroatoms. The summed E-state index contributed by atoms with van der Waals surface area (Å²) in [6.45, 7) is 7.54. The third-order valence-electron chi connectivity index (χ3n) is 4.42. The molecule has 2 atom stereocenters. The van der Waals surface area contributed by atoms with Gasteiger partial charge in [-0.25, -0.2) is 0 Å². The number of hydrogen-bond donors (Lipinski definition) is 2. The molecule has 0 saturated heterocycles. The third kappa shape index (κ3) is 10.5. The predicted octanol–water partition coefficient (Wildman–Crippen LogP) is 5.08. The van der Waals surface area contributed by atoms with E-state index in [0.717, 1.165) is 42.4 Å². The number of ether oxygens (including phenoxy) is 2. The van der Waals surface area contributed by atoms with Gasteiger partial charge in [0, 0.05) is 31.3 Å². The Balaban J connectivity index is 0.00000392. The minimum Gasteiger partial charge on any atom is -0.492 e. The van der Waals surface area contributed by atoms with E-state index in [-0.39, 0.29) is 30.9 Å². The van der Waals surface area contributed by atoms with Crippen LogP contribution in [-0.4, -0.2) is 39.4 Å². The van der Waals surface area contributed by atoms with Gasteiger partial charge in [-0.05, 0) is 55.3 Å². The van der Waals surface area contributed by atoms with Crippen LogP contribution in [0.4, 0.5) is 0 Å². The Labute approximate surface area is 192 Å². The van der Waals surface area contributed by atoms with Crippen molar-refractivity contribution >= 4 is 36.4 Å². The molecule has 2 unspecified atom stereocenters. The van der Waals surface area contributed by atoms with Gasteiger partial charge in [0.2, 0.25) is 0 Å². The van der Waals surface area contributed by atoms with Gasteiger partial charge in [-0.2, -0.15) is 0 Å². The van der Waals surface area contributed by atoms with Crippen LogP contribution in [-0.2, 0) is 11.2 Å². The Hall–Kier alpha value is -1.01. The van der Waals surface area contributed by atoms with Crippen molar-refractivity contribution in [3.63, 3.8) is 0 Å². The lowest BCUT2D eigenvalue weighted by atomic mass is 10.1. The number of likely N-dealkylation sites (N-methyl/N-ethyl adjacent to an activating group) is 1.